The second-order valence-corrected chi connectivity index (χ2v) is 11.8. The van der Waals surface area contributed by atoms with E-state index in [9.17, 15) is 0 Å². The number of benzene rings is 6. The quantitative estimate of drug-likeness (QED) is 0.167. The normalized spacial score (nSPS) is 16.6. The molecule has 5 heteroatoms. The molecular weight excluding hydrogens is 562 g/mol. The average molecular weight is 598 g/mol. The summed E-state index contributed by atoms with van der Waals surface area (Å²) in [7, 11) is 0. The van der Waals surface area contributed by atoms with Crippen LogP contribution in [0.2, 0.25) is 0 Å². The maximum atomic E-state index is 6.31. The summed E-state index contributed by atoms with van der Waals surface area (Å²) in [5, 5.41) is 7.58. The standard InChI is InChI=1S/C41H35N5/c1-2-11-31-26-32(22-24-35(31)42)41-44-37-27-30(23-25-39(37)46(41)34-14-7-4-8-15-34)28-18-20-29(21-19-28)40-43-36-16-9-10-17-38(36)45(40)33-12-5-3-6-13-33/h2-27,40-41,43-44H,42H2,1H3/b11-2-. The largest absolute Gasteiger partial charge is 0.398 e. The van der Waals surface area contributed by atoms with Gasteiger partial charge in [-0.1, -0.05) is 97.1 Å². The number of para-hydroxylation sites is 4. The highest BCUT2D eigenvalue weighted by Crippen LogP contribution is 2.48. The van der Waals surface area contributed by atoms with Gasteiger partial charge in [-0.25, -0.2) is 0 Å². The van der Waals surface area contributed by atoms with E-state index in [0.717, 1.165) is 45.3 Å². The lowest BCUT2D eigenvalue weighted by atomic mass is 10.0. The van der Waals surface area contributed by atoms with Crippen molar-refractivity contribution < 1.29 is 0 Å². The van der Waals surface area contributed by atoms with E-state index in [4.69, 9.17) is 5.73 Å². The van der Waals surface area contributed by atoms with Crippen molar-refractivity contribution in [1.82, 2.24) is 0 Å². The molecule has 0 saturated heterocycles. The molecule has 46 heavy (non-hydrogen) atoms. The molecule has 0 radical (unpaired) electrons. The van der Waals surface area contributed by atoms with Gasteiger partial charge in [-0.05, 0) is 95.4 Å². The van der Waals surface area contributed by atoms with E-state index in [0.29, 0.717) is 0 Å². The first-order valence-electron chi connectivity index (χ1n) is 15.7. The molecule has 2 unspecified atom stereocenters. The van der Waals surface area contributed by atoms with Crippen molar-refractivity contribution in [2.24, 2.45) is 0 Å². The number of rotatable bonds is 6. The predicted molar refractivity (Wildman–Crippen MR) is 194 cm³/mol. The molecule has 0 aromatic heterocycles. The van der Waals surface area contributed by atoms with E-state index in [1.807, 2.05) is 19.1 Å². The van der Waals surface area contributed by atoms with Crippen LogP contribution in [0, 0.1) is 0 Å². The average Bonchev–Trinajstić information content (AvgIpc) is 3.69. The zero-order valence-electron chi connectivity index (χ0n) is 25.6. The first-order chi connectivity index (χ1) is 22.7. The fourth-order valence-corrected chi connectivity index (χ4v) is 6.71. The summed E-state index contributed by atoms with van der Waals surface area (Å²) in [6, 6.07) is 51.6. The molecule has 0 fully saturated rings. The zero-order chi connectivity index (χ0) is 31.0. The molecule has 0 amide bonds. The third-order valence-corrected chi connectivity index (χ3v) is 8.92. The van der Waals surface area contributed by atoms with E-state index in [2.05, 4.69) is 166 Å². The van der Waals surface area contributed by atoms with Crippen LogP contribution in [-0.2, 0) is 0 Å². The van der Waals surface area contributed by atoms with Crippen molar-refractivity contribution in [2.75, 3.05) is 26.2 Å². The minimum absolute atomic E-state index is 0.00285. The number of hydrogen-bond donors (Lipinski definition) is 3. The van der Waals surface area contributed by atoms with Gasteiger partial charge in [0.25, 0.3) is 0 Å². The zero-order valence-corrected chi connectivity index (χ0v) is 25.6. The van der Waals surface area contributed by atoms with Crippen LogP contribution >= 0.6 is 0 Å². The molecule has 0 aliphatic carbocycles. The summed E-state index contributed by atoms with van der Waals surface area (Å²) in [6.07, 6.45) is 4.02. The lowest BCUT2D eigenvalue weighted by molar-refractivity contribution is 0.828. The molecule has 8 rings (SSSR count). The second kappa shape index (κ2) is 11.5. The Bertz CT molecular complexity index is 2040. The van der Waals surface area contributed by atoms with Crippen LogP contribution < -0.4 is 26.2 Å². The minimum atomic E-state index is -0.0707. The van der Waals surface area contributed by atoms with Gasteiger partial charge in [-0.3, -0.25) is 0 Å². The van der Waals surface area contributed by atoms with Gasteiger partial charge >= 0.3 is 0 Å². The molecule has 0 saturated carbocycles. The highest BCUT2D eigenvalue weighted by Gasteiger charge is 2.33. The smallest absolute Gasteiger partial charge is 0.130 e. The van der Waals surface area contributed by atoms with Crippen LogP contribution in [0.3, 0.4) is 0 Å². The van der Waals surface area contributed by atoms with E-state index in [-0.39, 0.29) is 12.3 Å². The molecule has 2 aliphatic rings. The van der Waals surface area contributed by atoms with E-state index < -0.39 is 0 Å². The number of anilines is 7. The lowest BCUT2D eigenvalue weighted by Gasteiger charge is -2.28. The van der Waals surface area contributed by atoms with Gasteiger partial charge in [0.1, 0.15) is 12.3 Å². The molecule has 6 aromatic rings. The Kier molecular flexibility index (Phi) is 6.92. The number of hydrogen-bond acceptors (Lipinski definition) is 5. The Balaban J connectivity index is 1.12. The van der Waals surface area contributed by atoms with E-state index in [1.54, 1.807) is 0 Å². The van der Waals surface area contributed by atoms with Crippen LogP contribution in [0.25, 0.3) is 17.2 Å². The number of nitrogen functional groups attached to an aromatic ring is 1. The Morgan fingerprint density at radius 3 is 1.80 bits per heavy atom. The van der Waals surface area contributed by atoms with Gasteiger partial charge < -0.3 is 26.2 Å². The van der Waals surface area contributed by atoms with Gasteiger partial charge in [0, 0.05) is 17.1 Å². The molecule has 2 heterocycles. The van der Waals surface area contributed by atoms with Crippen molar-refractivity contribution in [3.63, 3.8) is 0 Å². The Hall–Kier alpha value is -5.94. The molecular formula is C41H35N5. The topological polar surface area (TPSA) is 56.6 Å². The number of nitrogens with two attached hydrogens (primary N) is 1. The second-order valence-electron chi connectivity index (χ2n) is 11.8. The molecule has 0 bridgehead atoms. The summed E-state index contributed by atoms with van der Waals surface area (Å²) >= 11 is 0. The Morgan fingerprint density at radius 2 is 1.11 bits per heavy atom. The third-order valence-electron chi connectivity index (χ3n) is 8.92. The fourth-order valence-electron chi connectivity index (χ4n) is 6.71. The lowest BCUT2D eigenvalue weighted by Crippen LogP contribution is -2.23. The predicted octanol–water partition coefficient (Wildman–Crippen LogP) is 10.5. The van der Waals surface area contributed by atoms with Crippen LogP contribution in [-0.4, -0.2) is 0 Å². The van der Waals surface area contributed by atoms with Crippen LogP contribution in [0.4, 0.5) is 39.8 Å². The van der Waals surface area contributed by atoms with Gasteiger partial charge in [0.15, 0.2) is 0 Å². The molecule has 6 aromatic carbocycles. The third kappa shape index (κ3) is 4.83. The number of nitrogens with zero attached hydrogens (tertiary/aromatic N) is 2. The van der Waals surface area contributed by atoms with Crippen molar-refractivity contribution in [3.05, 3.63) is 168 Å². The molecule has 2 atom stereocenters. The highest BCUT2D eigenvalue weighted by molar-refractivity contribution is 5.87. The molecule has 224 valence electrons. The highest BCUT2D eigenvalue weighted by atomic mass is 15.3. The monoisotopic (exact) mass is 597 g/mol. The Morgan fingerprint density at radius 1 is 0.543 bits per heavy atom. The summed E-state index contributed by atoms with van der Waals surface area (Å²) in [5.41, 5.74) is 19.7. The fraction of sp³-hybridized carbons (Fsp3) is 0.0732. The maximum Gasteiger partial charge on any atom is 0.130 e. The number of fused-ring (bicyclic) bond motifs is 2. The summed E-state index contributed by atoms with van der Waals surface area (Å²) in [6.45, 7) is 2.02. The van der Waals surface area contributed by atoms with Crippen molar-refractivity contribution in [2.45, 2.75) is 19.3 Å². The molecule has 0 spiro atoms. The number of allylic oxidation sites excluding steroid dienone is 1. The van der Waals surface area contributed by atoms with Crippen molar-refractivity contribution in [1.29, 1.82) is 0 Å². The first-order valence-corrected chi connectivity index (χ1v) is 15.7. The van der Waals surface area contributed by atoms with E-state index in [1.165, 1.54) is 22.4 Å². The minimum Gasteiger partial charge on any atom is -0.398 e. The Labute approximate surface area is 270 Å². The molecule has 5 nitrogen and oxygen atoms in total. The first kappa shape index (κ1) is 27.6. The SMILES string of the molecule is C/C=C\c1cc(C2Nc3cc(-c4ccc(C5Nc6ccccc6N5c5ccccc5)cc4)ccc3N2c2ccccc2)ccc1N. The van der Waals surface area contributed by atoms with Crippen LogP contribution in [0.1, 0.15) is 35.9 Å². The maximum absolute atomic E-state index is 6.31. The summed E-state index contributed by atoms with van der Waals surface area (Å²) in [5.74, 6) is 0. The van der Waals surface area contributed by atoms with Gasteiger partial charge in [0.05, 0.1) is 22.7 Å². The molecule has 4 N–H and O–H groups in total. The number of nitrogens with one attached hydrogen (secondary N) is 2. The van der Waals surface area contributed by atoms with Crippen LogP contribution in [0.5, 0.6) is 0 Å². The van der Waals surface area contributed by atoms with Crippen LogP contribution in [0.15, 0.2) is 152 Å². The van der Waals surface area contributed by atoms with Crippen molar-refractivity contribution in [3.8, 4) is 11.1 Å². The summed E-state index contributed by atoms with van der Waals surface area (Å²) in [4.78, 5) is 4.75. The van der Waals surface area contributed by atoms with Gasteiger partial charge in [-0.2, -0.15) is 0 Å². The van der Waals surface area contributed by atoms with E-state index >= 15 is 0 Å². The molecule has 2 aliphatic heterocycles. The van der Waals surface area contributed by atoms with Gasteiger partial charge in [0.2, 0.25) is 0 Å². The van der Waals surface area contributed by atoms with Gasteiger partial charge in [-0.15, -0.1) is 0 Å². The summed E-state index contributed by atoms with van der Waals surface area (Å²) < 4.78 is 0. The van der Waals surface area contributed by atoms with Crippen molar-refractivity contribution >= 4 is 45.9 Å².